The predicted molar refractivity (Wildman–Crippen MR) is 97.2 cm³/mol. The number of phenols is 1. The second-order valence-corrected chi connectivity index (χ2v) is 6.16. The minimum Gasteiger partial charge on any atom is -0.507 e. The Balaban J connectivity index is 1.81. The number of phenolic OH excluding ortho intramolecular Hbond substituents is 1. The summed E-state index contributed by atoms with van der Waals surface area (Å²) < 4.78 is 5.47. The zero-order valence-corrected chi connectivity index (χ0v) is 14.4. The minimum atomic E-state index is 0.135. The van der Waals surface area contributed by atoms with E-state index in [4.69, 9.17) is 17.0 Å². The lowest BCUT2D eigenvalue weighted by molar-refractivity contribution is 0.315. The number of thiocarbonyl (C=S) groups is 1. The van der Waals surface area contributed by atoms with E-state index in [1.165, 1.54) is 19.3 Å². The van der Waals surface area contributed by atoms with Gasteiger partial charge < -0.3 is 15.2 Å². The maximum Gasteiger partial charge on any atom is 0.187 e. The maximum atomic E-state index is 9.97. The molecule has 126 valence electrons. The molecular weight excluding hydrogens is 310 g/mol. The van der Waals surface area contributed by atoms with E-state index in [0.29, 0.717) is 29.1 Å². The van der Waals surface area contributed by atoms with Crippen LogP contribution >= 0.6 is 12.2 Å². The molecule has 0 amide bonds. The molecule has 23 heavy (non-hydrogen) atoms. The summed E-state index contributed by atoms with van der Waals surface area (Å²) in [6.07, 6.45) is 8.62. The van der Waals surface area contributed by atoms with Crippen molar-refractivity contribution in [3.8, 4) is 11.5 Å². The van der Waals surface area contributed by atoms with Crippen LogP contribution in [0.4, 0.5) is 0 Å². The average Bonchev–Trinajstić information content (AvgIpc) is 2.55. The maximum absolute atomic E-state index is 9.97. The van der Waals surface area contributed by atoms with Crippen molar-refractivity contribution >= 4 is 23.5 Å². The van der Waals surface area contributed by atoms with E-state index in [1.54, 1.807) is 18.3 Å². The number of aromatic hydroxyl groups is 1. The Hall–Kier alpha value is -1.82. The third kappa shape index (κ3) is 6.06. The standard InChI is InChI=1S/C17H25N3O2S/c1-2-10-22-15-9-8-13(16(21)11-15)12-18-20-17(23)19-14-6-4-3-5-7-14/h8-9,11-12,14,21H,2-7,10H2,1H3,(H2,19,20,23). The Bertz CT molecular complexity index is 543. The fraction of sp³-hybridized carbons (Fsp3) is 0.529. The van der Waals surface area contributed by atoms with Gasteiger partial charge in [-0.25, -0.2) is 0 Å². The van der Waals surface area contributed by atoms with Crippen molar-refractivity contribution in [3.63, 3.8) is 0 Å². The topological polar surface area (TPSA) is 65.9 Å². The van der Waals surface area contributed by atoms with Crippen LogP contribution in [0.2, 0.25) is 0 Å². The molecule has 0 radical (unpaired) electrons. The molecule has 1 fully saturated rings. The molecule has 0 saturated heterocycles. The van der Waals surface area contributed by atoms with E-state index in [9.17, 15) is 5.11 Å². The molecule has 1 aliphatic rings. The van der Waals surface area contributed by atoms with E-state index >= 15 is 0 Å². The normalized spacial score (nSPS) is 15.5. The molecule has 1 aliphatic carbocycles. The van der Waals surface area contributed by atoms with E-state index in [1.807, 2.05) is 13.0 Å². The summed E-state index contributed by atoms with van der Waals surface area (Å²) in [6.45, 7) is 2.67. The van der Waals surface area contributed by atoms with Crippen molar-refractivity contribution in [1.29, 1.82) is 0 Å². The molecule has 0 atom stereocenters. The molecule has 1 aromatic rings. The van der Waals surface area contributed by atoms with Crippen molar-refractivity contribution in [3.05, 3.63) is 23.8 Å². The van der Waals surface area contributed by atoms with Crippen LogP contribution in [0.3, 0.4) is 0 Å². The van der Waals surface area contributed by atoms with Gasteiger partial charge in [0, 0.05) is 17.7 Å². The molecule has 0 aromatic heterocycles. The number of ether oxygens (including phenoxy) is 1. The molecular formula is C17H25N3O2S. The Morgan fingerprint density at radius 3 is 2.87 bits per heavy atom. The quantitative estimate of drug-likeness (QED) is 0.423. The minimum absolute atomic E-state index is 0.135. The molecule has 2 rings (SSSR count). The summed E-state index contributed by atoms with van der Waals surface area (Å²) in [7, 11) is 0. The molecule has 0 bridgehead atoms. The van der Waals surface area contributed by atoms with Crippen molar-refractivity contribution < 1.29 is 9.84 Å². The fourth-order valence-electron chi connectivity index (χ4n) is 2.57. The van der Waals surface area contributed by atoms with Gasteiger partial charge in [-0.05, 0) is 43.6 Å². The van der Waals surface area contributed by atoms with Crippen LogP contribution in [0.15, 0.2) is 23.3 Å². The molecule has 1 saturated carbocycles. The third-order valence-corrected chi connectivity index (χ3v) is 3.99. The van der Waals surface area contributed by atoms with Gasteiger partial charge in [-0.15, -0.1) is 0 Å². The van der Waals surface area contributed by atoms with Gasteiger partial charge in [0.1, 0.15) is 11.5 Å². The summed E-state index contributed by atoms with van der Waals surface area (Å²) >= 11 is 5.23. The first-order valence-corrected chi connectivity index (χ1v) is 8.65. The smallest absolute Gasteiger partial charge is 0.187 e. The van der Waals surface area contributed by atoms with Gasteiger partial charge >= 0.3 is 0 Å². The first kappa shape index (κ1) is 17.5. The summed E-state index contributed by atoms with van der Waals surface area (Å²) in [5.41, 5.74) is 3.41. The van der Waals surface area contributed by atoms with Crippen molar-refractivity contribution in [2.24, 2.45) is 5.10 Å². The largest absolute Gasteiger partial charge is 0.507 e. The second-order valence-electron chi connectivity index (χ2n) is 5.75. The monoisotopic (exact) mass is 335 g/mol. The van der Waals surface area contributed by atoms with Crippen LogP contribution < -0.4 is 15.5 Å². The van der Waals surface area contributed by atoms with Crippen molar-refractivity contribution in [1.82, 2.24) is 10.7 Å². The summed E-state index contributed by atoms with van der Waals surface area (Å²) in [6, 6.07) is 5.62. The third-order valence-electron chi connectivity index (χ3n) is 3.78. The lowest BCUT2D eigenvalue weighted by Gasteiger charge is -2.23. The fourth-order valence-corrected chi connectivity index (χ4v) is 2.79. The molecule has 6 heteroatoms. The molecule has 1 aromatic carbocycles. The van der Waals surface area contributed by atoms with Gasteiger partial charge in [0.15, 0.2) is 5.11 Å². The van der Waals surface area contributed by atoms with E-state index in [-0.39, 0.29) is 5.75 Å². The Labute approximate surface area is 143 Å². The van der Waals surface area contributed by atoms with Crippen LogP contribution in [0.25, 0.3) is 0 Å². The molecule has 0 spiro atoms. The first-order chi connectivity index (χ1) is 11.2. The van der Waals surface area contributed by atoms with Gasteiger partial charge in [0.25, 0.3) is 0 Å². The molecule has 0 unspecified atom stereocenters. The summed E-state index contributed by atoms with van der Waals surface area (Å²) in [5.74, 6) is 0.791. The molecule has 0 aliphatic heterocycles. The van der Waals surface area contributed by atoms with E-state index in [2.05, 4.69) is 15.8 Å². The second kappa shape index (κ2) is 9.35. The highest BCUT2D eigenvalue weighted by molar-refractivity contribution is 7.80. The zero-order chi connectivity index (χ0) is 16.5. The highest BCUT2D eigenvalue weighted by Crippen LogP contribution is 2.22. The number of hydrazone groups is 1. The summed E-state index contributed by atoms with van der Waals surface area (Å²) in [4.78, 5) is 0. The highest BCUT2D eigenvalue weighted by atomic mass is 32.1. The predicted octanol–water partition coefficient (Wildman–Crippen LogP) is 3.31. The Morgan fingerprint density at radius 1 is 1.39 bits per heavy atom. The van der Waals surface area contributed by atoms with Gasteiger partial charge in [-0.3, -0.25) is 5.43 Å². The number of hydrogen-bond donors (Lipinski definition) is 3. The van der Waals surface area contributed by atoms with Crippen LogP contribution in [-0.2, 0) is 0 Å². The molecule has 0 heterocycles. The SMILES string of the molecule is CCCOc1ccc(C=NNC(=S)NC2CCCCC2)c(O)c1. The number of nitrogens with zero attached hydrogens (tertiary/aromatic N) is 1. The number of rotatable bonds is 6. The lowest BCUT2D eigenvalue weighted by atomic mass is 9.96. The number of hydrogen-bond acceptors (Lipinski definition) is 4. The Kier molecular flexibility index (Phi) is 7.13. The number of benzene rings is 1. The number of nitrogens with one attached hydrogen (secondary N) is 2. The van der Waals surface area contributed by atoms with E-state index in [0.717, 1.165) is 19.3 Å². The van der Waals surface area contributed by atoms with Gasteiger partial charge in [-0.2, -0.15) is 5.10 Å². The highest BCUT2D eigenvalue weighted by Gasteiger charge is 2.13. The Morgan fingerprint density at radius 2 is 2.17 bits per heavy atom. The first-order valence-electron chi connectivity index (χ1n) is 8.24. The van der Waals surface area contributed by atoms with Crippen molar-refractivity contribution in [2.75, 3.05) is 6.61 Å². The van der Waals surface area contributed by atoms with Crippen LogP contribution in [-0.4, -0.2) is 29.1 Å². The molecule has 3 N–H and O–H groups in total. The van der Waals surface area contributed by atoms with Gasteiger partial charge in [0.05, 0.1) is 12.8 Å². The lowest BCUT2D eigenvalue weighted by Crippen LogP contribution is -2.40. The molecule has 5 nitrogen and oxygen atoms in total. The van der Waals surface area contributed by atoms with Crippen LogP contribution in [0.5, 0.6) is 11.5 Å². The van der Waals surface area contributed by atoms with Crippen LogP contribution in [0.1, 0.15) is 51.0 Å². The van der Waals surface area contributed by atoms with Gasteiger partial charge in [-0.1, -0.05) is 26.2 Å². The summed E-state index contributed by atoms with van der Waals surface area (Å²) in [5, 5.41) is 17.8. The van der Waals surface area contributed by atoms with E-state index < -0.39 is 0 Å². The van der Waals surface area contributed by atoms with Gasteiger partial charge in [0.2, 0.25) is 0 Å². The van der Waals surface area contributed by atoms with Crippen LogP contribution in [0, 0.1) is 0 Å². The van der Waals surface area contributed by atoms with Crippen molar-refractivity contribution in [2.45, 2.75) is 51.5 Å². The average molecular weight is 335 g/mol. The zero-order valence-electron chi connectivity index (χ0n) is 13.5.